The summed E-state index contributed by atoms with van der Waals surface area (Å²) < 4.78 is 0. The van der Waals surface area contributed by atoms with E-state index in [2.05, 4.69) is 5.32 Å². The van der Waals surface area contributed by atoms with Crippen molar-refractivity contribution >= 4 is 11.8 Å². The molecular formula is C9H15N3O3. The van der Waals surface area contributed by atoms with Crippen LogP contribution in [0.4, 0.5) is 0 Å². The summed E-state index contributed by atoms with van der Waals surface area (Å²) in [4.78, 5) is 21.9. The lowest BCUT2D eigenvalue weighted by Gasteiger charge is -2.19. The minimum Gasteiger partial charge on any atom is -0.381 e. The van der Waals surface area contributed by atoms with Crippen LogP contribution in [0, 0.1) is 16.7 Å². The molecule has 2 amide bonds. The highest BCUT2D eigenvalue weighted by Gasteiger charge is 2.31. The van der Waals surface area contributed by atoms with Crippen molar-refractivity contribution in [1.29, 1.82) is 5.26 Å². The van der Waals surface area contributed by atoms with Crippen molar-refractivity contribution in [3.05, 3.63) is 0 Å². The van der Waals surface area contributed by atoms with E-state index < -0.39 is 23.3 Å². The lowest BCUT2D eigenvalue weighted by molar-refractivity contribution is -0.130. The fourth-order valence-corrected chi connectivity index (χ4v) is 0.775. The van der Waals surface area contributed by atoms with E-state index in [4.69, 9.17) is 16.1 Å². The maximum absolute atomic E-state index is 11.5. The molecule has 0 aromatic carbocycles. The molecule has 0 aliphatic carbocycles. The van der Waals surface area contributed by atoms with Crippen LogP contribution in [0.1, 0.15) is 20.3 Å². The van der Waals surface area contributed by atoms with Crippen molar-refractivity contribution < 1.29 is 14.7 Å². The molecule has 0 spiro atoms. The Kier molecular flexibility index (Phi) is 4.74. The van der Waals surface area contributed by atoms with Gasteiger partial charge in [-0.25, -0.2) is 0 Å². The van der Waals surface area contributed by atoms with Gasteiger partial charge >= 0.3 is 0 Å². The molecule has 6 nitrogen and oxygen atoms in total. The molecule has 0 rings (SSSR count). The number of amides is 2. The minimum absolute atomic E-state index is 0.272. The number of nitrogens with zero attached hydrogens (tertiary/aromatic N) is 1. The molecule has 0 aliphatic rings. The first kappa shape index (κ1) is 13.4. The van der Waals surface area contributed by atoms with Crippen LogP contribution in [-0.4, -0.2) is 29.6 Å². The van der Waals surface area contributed by atoms with Crippen molar-refractivity contribution in [2.75, 3.05) is 6.54 Å². The van der Waals surface area contributed by atoms with E-state index in [1.807, 2.05) is 6.07 Å². The highest BCUT2D eigenvalue weighted by atomic mass is 16.3. The monoisotopic (exact) mass is 213 g/mol. The van der Waals surface area contributed by atoms with Crippen molar-refractivity contribution in [1.82, 2.24) is 5.32 Å². The predicted molar refractivity (Wildman–Crippen MR) is 52.2 cm³/mol. The third-order valence-corrected chi connectivity index (χ3v) is 2.24. The molecule has 6 heteroatoms. The number of carbonyl (C=O) groups excluding carboxylic acids is 2. The average Bonchev–Trinajstić information content (AvgIpc) is 2.23. The summed E-state index contributed by atoms with van der Waals surface area (Å²) in [6.07, 6.45) is -1.07. The predicted octanol–water partition coefficient (Wildman–Crippen LogP) is -1.11. The lowest BCUT2D eigenvalue weighted by atomic mass is 9.88. The molecule has 4 N–H and O–H groups in total. The van der Waals surface area contributed by atoms with Gasteiger partial charge in [0.2, 0.25) is 11.8 Å². The van der Waals surface area contributed by atoms with Crippen LogP contribution in [0.15, 0.2) is 0 Å². The SMILES string of the molecule is CCC(C)(C#N)C(=O)NCC(O)C(N)=O. The molecule has 0 aromatic rings. The molecule has 15 heavy (non-hydrogen) atoms. The van der Waals surface area contributed by atoms with Crippen LogP contribution in [0.3, 0.4) is 0 Å². The van der Waals surface area contributed by atoms with Crippen molar-refractivity contribution in [3.63, 3.8) is 0 Å². The Morgan fingerprint density at radius 2 is 2.20 bits per heavy atom. The fraction of sp³-hybridized carbons (Fsp3) is 0.667. The zero-order chi connectivity index (χ0) is 12.1. The Balaban J connectivity index is 4.28. The molecule has 0 bridgehead atoms. The molecular weight excluding hydrogens is 198 g/mol. The first-order valence-electron chi connectivity index (χ1n) is 4.54. The Morgan fingerprint density at radius 3 is 2.53 bits per heavy atom. The number of aliphatic hydroxyl groups excluding tert-OH is 1. The topological polar surface area (TPSA) is 116 Å². The summed E-state index contributed by atoms with van der Waals surface area (Å²) in [5.74, 6) is -1.43. The van der Waals surface area contributed by atoms with Crippen LogP contribution in [0.25, 0.3) is 0 Å². The van der Waals surface area contributed by atoms with E-state index in [0.29, 0.717) is 6.42 Å². The number of rotatable bonds is 5. The van der Waals surface area contributed by atoms with Crippen molar-refractivity contribution in [2.24, 2.45) is 11.1 Å². The zero-order valence-electron chi connectivity index (χ0n) is 8.78. The van der Waals surface area contributed by atoms with Gasteiger partial charge in [-0.15, -0.1) is 0 Å². The Hall–Kier alpha value is -1.61. The maximum atomic E-state index is 11.5. The summed E-state index contributed by atoms with van der Waals surface area (Å²) in [7, 11) is 0. The average molecular weight is 213 g/mol. The second-order valence-corrected chi connectivity index (χ2v) is 3.43. The summed E-state index contributed by atoms with van der Waals surface area (Å²) in [6.45, 7) is 2.91. The van der Waals surface area contributed by atoms with Crippen molar-refractivity contribution in [2.45, 2.75) is 26.4 Å². The number of aliphatic hydroxyl groups is 1. The van der Waals surface area contributed by atoms with Crippen LogP contribution in [0.5, 0.6) is 0 Å². The summed E-state index contributed by atoms with van der Waals surface area (Å²) in [5.41, 5.74) is 3.65. The number of primary amides is 1. The molecule has 84 valence electrons. The van der Waals surface area contributed by atoms with Crippen LogP contribution >= 0.6 is 0 Å². The number of nitrogens with two attached hydrogens (primary N) is 1. The summed E-state index contributed by atoms with van der Waals surface area (Å²) >= 11 is 0. The molecule has 0 heterocycles. The number of carbonyl (C=O) groups is 2. The van der Waals surface area contributed by atoms with Crippen molar-refractivity contribution in [3.8, 4) is 6.07 Å². The molecule has 0 aromatic heterocycles. The van der Waals surface area contributed by atoms with E-state index in [1.54, 1.807) is 6.92 Å². The van der Waals surface area contributed by atoms with Gasteiger partial charge in [0.25, 0.3) is 0 Å². The normalized spacial score (nSPS) is 15.9. The first-order valence-corrected chi connectivity index (χ1v) is 4.54. The van der Waals surface area contributed by atoms with Gasteiger partial charge < -0.3 is 16.2 Å². The van der Waals surface area contributed by atoms with Crippen LogP contribution in [-0.2, 0) is 9.59 Å². The summed E-state index contributed by atoms with van der Waals surface area (Å²) in [6, 6.07) is 1.87. The smallest absolute Gasteiger partial charge is 0.248 e. The quantitative estimate of drug-likeness (QED) is 0.536. The van der Waals surface area contributed by atoms with Gasteiger partial charge in [-0.2, -0.15) is 5.26 Å². The van der Waals surface area contributed by atoms with Gasteiger partial charge in [0.05, 0.1) is 12.6 Å². The van der Waals surface area contributed by atoms with Gasteiger partial charge in [0.1, 0.15) is 11.5 Å². The third kappa shape index (κ3) is 3.56. The fourth-order valence-electron chi connectivity index (χ4n) is 0.775. The van der Waals surface area contributed by atoms with E-state index in [-0.39, 0.29) is 6.54 Å². The Labute approximate surface area is 88.1 Å². The number of nitriles is 1. The van der Waals surface area contributed by atoms with Gasteiger partial charge in [-0.1, -0.05) is 6.92 Å². The minimum atomic E-state index is -1.42. The number of nitrogens with one attached hydrogen (secondary N) is 1. The lowest BCUT2D eigenvalue weighted by Crippen LogP contribution is -2.44. The van der Waals surface area contributed by atoms with Gasteiger partial charge in [-0.05, 0) is 13.3 Å². The third-order valence-electron chi connectivity index (χ3n) is 2.24. The van der Waals surface area contributed by atoms with E-state index in [0.717, 1.165) is 0 Å². The van der Waals surface area contributed by atoms with Gasteiger partial charge in [0.15, 0.2) is 0 Å². The van der Waals surface area contributed by atoms with Crippen LogP contribution < -0.4 is 11.1 Å². The molecule has 0 saturated heterocycles. The second kappa shape index (κ2) is 5.32. The standard InChI is InChI=1S/C9H15N3O3/c1-3-9(2,5-10)8(15)12-4-6(13)7(11)14/h6,13H,3-4H2,1-2H3,(H2,11,14)(H,12,15). The molecule has 0 radical (unpaired) electrons. The van der Waals surface area contributed by atoms with E-state index >= 15 is 0 Å². The van der Waals surface area contributed by atoms with E-state index in [1.165, 1.54) is 6.92 Å². The zero-order valence-corrected chi connectivity index (χ0v) is 8.78. The van der Waals surface area contributed by atoms with Gasteiger partial charge in [-0.3, -0.25) is 9.59 Å². The van der Waals surface area contributed by atoms with E-state index in [9.17, 15) is 9.59 Å². The van der Waals surface area contributed by atoms with Crippen LogP contribution in [0.2, 0.25) is 0 Å². The Bertz CT molecular complexity index is 297. The first-order chi connectivity index (χ1) is 6.87. The maximum Gasteiger partial charge on any atom is 0.248 e. The molecule has 2 unspecified atom stereocenters. The molecule has 0 aliphatic heterocycles. The molecule has 0 fully saturated rings. The second-order valence-electron chi connectivity index (χ2n) is 3.43. The number of hydrogen-bond donors (Lipinski definition) is 3. The number of hydrogen-bond acceptors (Lipinski definition) is 4. The van der Waals surface area contributed by atoms with Gasteiger partial charge in [0, 0.05) is 0 Å². The highest BCUT2D eigenvalue weighted by Crippen LogP contribution is 2.19. The summed E-state index contributed by atoms with van der Waals surface area (Å²) in [5, 5.41) is 20.1. The Morgan fingerprint density at radius 1 is 1.67 bits per heavy atom. The molecule has 0 saturated carbocycles. The highest BCUT2D eigenvalue weighted by molar-refractivity contribution is 5.86. The molecule has 2 atom stereocenters. The largest absolute Gasteiger partial charge is 0.381 e.